The lowest BCUT2D eigenvalue weighted by Gasteiger charge is -2.12. The summed E-state index contributed by atoms with van der Waals surface area (Å²) in [6, 6.07) is 0. The van der Waals surface area contributed by atoms with Crippen molar-refractivity contribution in [1.82, 2.24) is 9.78 Å². The van der Waals surface area contributed by atoms with Gasteiger partial charge in [-0.2, -0.15) is 5.10 Å². The van der Waals surface area contributed by atoms with Crippen molar-refractivity contribution >= 4 is 5.82 Å². The van der Waals surface area contributed by atoms with Crippen LogP contribution in [0.1, 0.15) is 32.3 Å². The van der Waals surface area contributed by atoms with Crippen molar-refractivity contribution in [2.24, 2.45) is 0 Å². The molecule has 0 radical (unpaired) electrons. The van der Waals surface area contributed by atoms with Crippen LogP contribution in [0.25, 0.3) is 0 Å². The first-order valence-corrected chi connectivity index (χ1v) is 4.81. The molecule has 0 bridgehead atoms. The zero-order valence-corrected chi connectivity index (χ0v) is 9.20. The van der Waals surface area contributed by atoms with Gasteiger partial charge >= 0.3 is 0 Å². The fourth-order valence-corrected chi connectivity index (χ4v) is 1.34. The van der Waals surface area contributed by atoms with Crippen LogP contribution in [0.5, 0.6) is 0 Å². The largest absolute Gasteiger partial charge is 0.361 e. The molecule has 0 amide bonds. The van der Waals surface area contributed by atoms with E-state index in [9.17, 15) is 0 Å². The first-order valence-electron chi connectivity index (χ1n) is 4.81. The predicted octanol–water partition coefficient (Wildman–Crippen LogP) is 2.09. The van der Waals surface area contributed by atoms with E-state index < -0.39 is 0 Å². The molecule has 0 fully saturated rings. The third-order valence-electron chi connectivity index (χ3n) is 2.14. The van der Waals surface area contributed by atoms with Gasteiger partial charge < -0.3 is 4.90 Å². The monoisotopic (exact) mass is 181 g/mol. The van der Waals surface area contributed by atoms with Gasteiger partial charge in [0.05, 0.1) is 0 Å². The summed E-state index contributed by atoms with van der Waals surface area (Å²) < 4.78 is 1.99. The van der Waals surface area contributed by atoms with Crippen LogP contribution in [-0.4, -0.2) is 23.9 Å². The predicted molar refractivity (Wildman–Crippen MR) is 56.3 cm³/mol. The molecule has 1 aromatic heterocycles. The van der Waals surface area contributed by atoms with E-state index in [1.807, 2.05) is 18.8 Å². The minimum Gasteiger partial charge on any atom is -0.361 e. The summed E-state index contributed by atoms with van der Waals surface area (Å²) in [6.07, 6.45) is 2.14. The van der Waals surface area contributed by atoms with Gasteiger partial charge in [0.15, 0.2) is 5.82 Å². The zero-order valence-electron chi connectivity index (χ0n) is 9.20. The van der Waals surface area contributed by atoms with Crippen LogP contribution < -0.4 is 4.90 Å². The molecular weight excluding hydrogens is 162 g/mol. The van der Waals surface area contributed by atoms with Gasteiger partial charge in [0.1, 0.15) is 0 Å². The molecule has 3 nitrogen and oxygen atoms in total. The summed E-state index contributed by atoms with van der Waals surface area (Å²) in [4.78, 5) is 2.07. The maximum atomic E-state index is 4.49. The van der Waals surface area contributed by atoms with E-state index in [4.69, 9.17) is 0 Å². The number of hydrogen-bond acceptors (Lipinski definition) is 2. The summed E-state index contributed by atoms with van der Waals surface area (Å²) in [7, 11) is 4.07. The molecule has 0 spiro atoms. The van der Waals surface area contributed by atoms with Gasteiger partial charge in [-0.25, -0.2) is 0 Å². The van der Waals surface area contributed by atoms with Crippen LogP contribution in [-0.2, 0) is 6.54 Å². The number of hydrogen-bond donors (Lipinski definition) is 0. The number of anilines is 1. The highest BCUT2D eigenvalue weighted by atomic mass is 15.3. The van der Waals surface area contributed by atoms with E-state index in [2.05, 4.69) is 37.0 Å². The minimum atomic E-state index is 0.540. The molecule has 0 atom stereocenters. The number of aryl methyl sites for hydroxylation is 1. The second-order valence-corrected chi connectivity index (χ2v) is 3.81. The molecule has 1 aromatic rings. The topological polar surface area (TPSA) is 21.1 Å². The van der Waals surface area contributed by atoms with E-state index in [-0.39, 0.29) is 0 Å². The Balaban J connectivity index is 3.08. The van der Waals surface area contributed by atoms with E-state index in [0.717, 1.165) is 12.4 Å². The molecule has 0 saturated carbocycles. The van der Waals surface area contributed by atoms with Gasteiger partial charge in [-0.1, -0.05) is 13.8 Å². The van der Waals surface area contributed by atoms with E-state index >= 15 is 0 Å². The van der Waals surface area contributed by atoms with Gasteiger partial charge in [-0.05, 0) is 12.8 Å². The molecule has 1 heterocycles. The number of aromatic nitrogens is 2. The molecule has 74 valence electrons. The fraction of sp³-hybridized carbons (Fsp3) is 0.700. The van der Waals surface area contributed by atoms with Crippen LogP contribution >= 0.6 is 0 Å². The average Bonchev–Trinajstić information content (AvgIpc) is 2.47. The van der Waals surface area contributed by atoms with Crippen molar-refractivity contribution in [2.45, 2.75) is 33.2 Å². The van der Waals surface area contributed by atoms with E-state index in [1.165, 1.54) is 5.56 Å². The molecule has 13 heavy (non-hydrogen) atoms. The summed E-state index contributed by atoms with van der Waals surface area (Å²) in [6.45, 7) is 7.44. The Bertz CT molecular complexity index is 248. The maximum absolute atomic E-state index is 4.49. The first-order chi connectivity index (χ1) is 6.06. The van der Waals surface area contributed by atoms with Crippen molar-refractivity contribution in [3.8, 4) is 0 Å². The molecule has 3 heteroatoms. The highest BCUT2D eigenvalue weighted by Crippen LogP contribution is 2.24. The number of nitrogens with zero attached hydrogens (tertiary/aromatic N) is 3. The normalized spacial score (nSPS) is 10.9. The Morgan fingerprint density at radius 1 is 1.46 bits per heavy atom. The second kappa shape index (κ2) is 3.81. The van der Waals surface area contributed by atoms with Gasteiger partial charge in [-0.3, -0.25) is 4.68 Å². The highest BCUT2D eigenvalue weighted by molar-refractivity contribution is 5.46. The summed E-state index contributed by atoms with van der Waals surface area (Å²) >= 11 is 0. The van der Waals surface area contributed by atoms with Crippen LogP contribution in [0.2, 0.25) is 0 Å². The van der Waals surface area contributed by atoms with Gasteiger partial charge in [0.2, 0.25) is 0 Å². The van der Waals surface area contributed by atoms with Crippen molar-refractivity contribution < 1.29 is 0 Å². The average molecular weight is 181 g/mol. The van der Waals surface area contributed by atoms with E-state index in [0.29, 0.717) is 5.92 Å². The van der Waals surface area contributed by atoms with Crippen molar-refractivity contribution in [3.05, 3.63) is 11.8 Å². The quantitative estimate of drug-likeness (QED) is 0.712. The second-order valence-electron chi connectivity index (χ2n) is 3.81. The molecular formula is C10H19N3. The molecule has 0 aromatic carbocycles. The van der Waals surface area contributed by atoms with Gasteiger partial charge in [0, 0.05) is 32.4 Å². The molecule has 0 aliphatic carbocycles. The van der Waals surface area contributed by atoms with Gasteiger partial charge in [-0.15, -0.1) is 0 Å². The Morgan fingerprint density at radius 2 is 2.08 bits per heavy atom. The lowest BCUT2D eigenvalue weighted by atomic mass is 10.1. The lowest BCUT2D eigenvalue weighted by molar-refractivity contribution is 0.657. The first kappa shape index (κ1) is 10.1. The van der Waals surface area contributed by atoms with Crippen LogP contribution in [0.4, 0.5) is 5.82 Å². The molecule has 0 unspecified atom stereocenters. The lowest BCUT2D eigenvalue weighted by Crippen LogP contribution is -2.12. The fourth-order valence-electron chi connectivity index (χ4n) is 1.34. The third-order valence-corrected chi connectivity index (χ3v) is 2.14. The Morgan fingerprint density at radius 3 is 2.38 bits per heavy atom. The Kier molecular flexibility index (Phi) is 2.96. The van der Waals surface area contributed by atoms with Crippen molar-refractivity contribution in [1.29, 1.82) is 0 Å². The summed E-state index contributed by atoms with van der Waals surface area (Å²) in [5.74, 6) is 1.63. The molecule has 0 saturated heterocycles. The summed E-state index contributed by atoms with van der Waals surface area (Å²) in [5.41, 5.74) is 1.33. The minimum absolute atomic E-state index is 0.540. The zero-order chi connectivity index (χ0) is 10.0. The number of rotatable bonds is 3. The van der Waals surface area contributed by atoms with Crippen LogP contribution in [0.15, 0.2) is 6.20 Å². The Hall–Kier alpha value is -0.990. The van der Waals surface area contributed by atoms with Crippen molar-refractivity contribution in [2.75, 3.05) is 19.0 Å². The Labute approximate surface area is 80.4 Å². The maximum Gasteiger partial charge on any atom is 0.153 e. The highest BCUT2D eigenvalue weighted by Gasteiger charge is 2.12. The summed E-state index contributed by atoms with van der Waals surface area (Å²) in [5, 5.41) is 4.49. The molecule has 0 aliphatic heterocycles. The standard InChI is InChI=1S/C10H19N3/c1-6-13-7-9(8(2)3)10(11-13)12(4)5/h7-8H,6H2,1-5H3. The van der Waals surface area contributed by atoms with Gasteiger partial charge in [0.25, 0.3) is 0 Å². The molecule has 0 N–H and O–H groups in total. The van der Waals surface area contributed by atoms with Crippen molar-refractivity contribution in [3.63, 3.8) is 0 Å². The van der Waals surface area contributed by atoms with E-state index in [1.54, 1.807) is 0 Å². The van der Waals surface area contributed by atoms with Crippen LogP contribution in [0, 0.1) is 0 Å². The smallest absolute Gasteiger partial charge is 0.153 e. The van der Waals surface area contributed by atoms with Crippen LogP contribution in [0.3, 0.4) is 0 Å². The third kappa shape index (κ3) is 2.02. The SMILES string of the molecule is CCn1cc(C(C)C)c(N(C)C)n1. The molecule has 0 aliphatic rings. The molecule has 1 rings (SSSR count).